The van der Waals surface area contributed by atoms with E-state index in [1.807, 2.05) is 12.1 Å². The van der Waals surface area contributed by atoms with Crippen LogP contribution in [0.3, 0.4) is 0 Å². The van der Waals surface area contributed by atoms with E-state index in [0.717, 1.165) is 5.56 Å². The van der Waals surface area contributed by atoms with Gasteiger partial charge in [-0.15, -0.1) is 0 Å². The molecular weight excluding hydrogens is 260 g/mol. The van der Waals surface area contributed by atoms with Gasteiger partial charge in [0.2, 0.25) is 0 Å². The lowest BCUT2D eigenvalue weighted by molar-refractivity contribution is 0.404. The molecule has 2 rings (SSSR count). The summed E-state index contributed by atoms with van der Waals surface area (Å²) in [4.78, 5) is 4.72. The molecule has 5 heteroatoms. The second-order valence-electron chi connectivity index (χ2n) is 4.07. The van der Waals surface area contributed by atoms with Crippen molar-refractivity contribution in [1.82, 2.24) is 4.98 Å². The smallest absolute Gasteiger partial charge is 0.137 e. The first-order valence-corrected chi connectivity index (χ1v) is 7.23. The van der Waals surface area contributed by atoms with Crippen molar-refractivity contribution in [2.24, 2.45) is 0 Å². The SMILES string of the molecule is COc1cc(N)ccc1S(=O)CCc1cccnc1. The van der Waals surface area contributed by atoms with Gasteiger partial charge in [0.25, 0.3) is 0 Å². The number of hydrogen-bond donors (Lipinski definition) is 1. The maximum absolute atomic E-state index is 12.3. The first kappa shape index (κ1) is 13.5. The van der Waals surface area contributed by atoms with Crippen molar-refractivity contribution in [3.63, 3.8) is 0 Å². The molecule has 100 valence electrons. The predicted octanol–water partition coefficient (Wildman–Crippen LogP) is 2.02. The van der Waals surface area contributed by atoms with Gasteiger partial charge in [-0.2, -0.15) is 0 Å². The van der Waals surface area contributed by atoms with E-state index in [1.165, 1.54) is 0 Å². The van der Waals surface area contributed by atoms with Crippen molar-refractivity contribution >= 4 is 16.5 Å². The second-order valence-corrected chi connectivity index (χ2v) is 5.61. The highest BCUT2D eigenvalue weighted by molar-refractivity contribution is 7.85. The highest BCUT2D eigenvalue weighted by atomic mass is 32.2. The van der Waals surface area contributed by atoms with E-state index >= 15 is 0 Å². The van der Waals surface area contributed by atoms with Gasteiger partial charge in [0.05, 0.1) is 22.8 Å². The number of nitrogens with zero attached hydrogens (tertiary/aromatic N) is 1. The highest BCUT2D eigenvalue weighted by Crippen LogP contribution is 2.25. The van der Waals surface area contributed by atoms with Crippen LogP contribution in [0.15, 0.2) is 47.6 Å². The number of hydrogen-bond acceptors (Lipinski definition) is 4. The van der Waals surface area contributed by atoms with E-state index in [2.05, 4.69) is 4.98 Å². The normalized spacial score (nSPS) is 12.1. The zero-order valence-electron chi connectivity index (χ0n) is 10.7. The molecule has 2 N–H and O–H groups in total. The molecule has 19 heavy (non-hydrogen) atoms. The molecule has 0 radical (unpaired) electrons. The molecule has 0 spiro atoms. The van der Waals surface area contributed by atoms with E-state index in [9.17, 15) is 4.21 Å². The minimum absolute atomic E-state index is 0.534. The van der Waals surface area contributed by atoms with Gasteiger partial charge in [0.15, 0.2) is 0 Å². The Morgan fingerprint density at radius 2 is 2.21 bits per heavy atom. The third-order valence-electron chi connectivity index (χ3n) is 2.73. The maximum Gasteiger partial charge on any atom is 0.137 e. The summed E-state index contributed by atoms with van der Waals surface area (Å²) in [6, 6.07) is 9.04. The monoisotopic (exact) mass is 276 g/mol. The topological polar surface area (TPSA) is 65.2 Å². The van der Waals surface area contributed by atoms with Crippen molar-refractivity contribution in [3.05, 3.63) is 48.3 Å². The average molecular weight is 276 g/mol. The zero-order valence-corrected chi connectivity index (χ0v) is 11.5. The summed E-state index contributed by atoms with van der Waals surface area (Å²) in [7, 11) is 0.440. The number of aromatic nitrogens is 1. The van der Waals surface area contributed by atoms with Crippen LogP contribution in [0.5, 0.6) is 5.75 Å². The van der Waals surface area contributed by atoms with E-state index in [-0.39, 0.29) is 0 Å². The van der Waals surface area contributed by atoms with Gasteiger partial charge < -0.3 is 10.5 Å². The molecule has 0 fully saturated rings. The van der Waals surface area contributed by atoms with Crippen LogP contribution in [0.2, 0.25) is 0 Å². The Hall–Kier alpha value is -1.88. The molecule has 1 heterocycles. The van der Waals surface area contributed by atoms with Crippen molar-refractivity contribution in [2.45, 2.75) is 11.3 Å². The van der Waals surface area contributed by atoms with Crippen molar-refractivity contribution in [2.75, 3.05) is 18.6 Å². The largest absolute Gasteiger partial charge is 0.495 e. The number of nitrogen functional groups attached to an aromatic ring is 1. The second kappa shape index (κ2) is 6.33. The Morgan fingerprint density at radius 1 is 1.37 bits per heavy atom. The first-order chi connectivity index (χ1) is 9.20. The molecular formula is C14H16N2O2S. The Kier molecular flexibility index (Phi) is 4.52. The van der Waals surface area contributed by atoms with Crippen LogP contribution in [0.1, 0.15) is 5.56 Å². The standard InChI is InChI=1S/C14H16N2O2S/c1-18-13-9-12(15)4-5-14(13)19(17)8-6-11-3-2-7-16-10-11/h2-5,7,9-10H,6,8,15H2,1H3. The van der Waals surface area contributed by atoms with Crippen molar-refractivity contribution in [3.8, 4) is 5.75 Å². The molecule has 4 nitrogen and oxygen atoms in total. The summed E-state index contributed by atoms with van der Waals surface area (Å²) in [5, 5.41) is 0. The van der Waals surface area contributed by atoms with E-state index in [0.29, 0.717) is 28.5 Å². The Morgan fingerprint density at radius 3 is 2.89 bits per heavy atom. The minimum Gasteiger partial charge on any atom is -0.495 e. The summed E-state index contributed by atoms with van der Waals surface area (Å²) in [5.74, 6) is 1.11. The molecule has 2 aromatic rings. The molecule has 0 bridgehead atoms. The van der Waals surface area contributed by atoms with Crippen LogP contribution in [0, 0.1) is 0 Å². The minimum atomic E-state index is -1.11. The van der Waals surface area contributed by atoms with E-state index in [1.54, 1.807) is 37.7 Å². The van der Waals surface area contributed by atoms with Crippen LogP contribution in [-0.2, 0) is 17.2 Å². The predicted molar refractivity (Wildman–Crippen MR) is 76.6 cm³/mol. The Bertz CT molecular complexity index is 573. The van der Waals surface area contributed by atoms with Crippen LogP contribution in [-0.4, -0.2) is 22.1 Å². The number of pyridine rings is 1. The van der Waals surface area contributed by atoms with Crippen LogP contribution < -0.4 is 10.5 Å². The van der Waals surface area contributed by atoms with Gasteiger partial charge in [-0.1, -0.05) is 6.07 Å². The number of benzene rings is 1. The number of rotatable bonds is 5. The summed E-state index contributed by atoms with van der Waals surface area (Å²) in [6.45, 7) is 0. The average Bonchev–Trinajstić information content (AvgIpc) is 2.45. The van der Waals surface area contributed by atoms with Gasteiger partial charge in [-0.3, -0.25) is 9.19 Å². The van der Waals surface area contributed by atoms with E-state index in [4.69, 9.17) is 10.5 Å². The van der Waals surface area contributed by atoms with Gasteiger partial charge in [-0.05, 0) is 30.2 Å². The molecule has 0 aliphatic heterocycles. The molecule has 1 aromatic carbocycles. The molecule has 1 unspecified atom stereocenters. The summed E-state index contributed by atoms with van der Waals surface area (Å²) in [5.41, 5.74) is 7.36. The third kappa shape index (κ3) is 3.54. The molecule has 0 amide bonds. The lowest BCUT2D eigenvalue weighted by atomic mass is 10.2. The van der Waals surface area contributed by atoms with Crippen molar-refractivity contribution in [1.29, 1.82) is 0 Å². The number of anilines is 1. The van der Waals surface area contributed by atoms with Gasteiger partial charge >= 0.3 is 0 Å². The molecule has 1 atom stereocenters. The molecule has 0 saturated heterocycles. The third-order valence-corrected chi connectivity index (χ3v) is 4.13. The fraction of sp³-hybridized carbons (Fsp3) is 0.214. The summed E-state index contributed by atoms with van der Waals surface area (Å²) >= 11 is 0. The van der Waals surface area contributed by atoms with E-state index < -0.39 is 10.8 Å². The molecule has 0 aliphatic carbocycles. The number of methoxy groups -OCH3 is 1. The van der Waals surface area contributed by atoms with Crippen LogP contribution in [0.25, 0.3) is 0 Å². The fourth-order valence-electron chi connectivity index (χ4n) is 1.74. The fourth-order valence-corrected chi connectivity index (χ4v) is 2.97. The molecule has 0 saturated carbocycles. The highest BCUT2D eigenvalue weighted by Gasteiger charge is 2.11. The van der Waals surface area contributed by atoms with Crippen LogP contribution in [0.4, 0.5) is 5.69 Å². The summed E-state index contributed by atoms with van der Waals surface area (Å²) < 4.78 is 17.5. The lowest BCUT2D eigenvalue weighted by Gasteiger charge is -2.09. The lowest BCUT2D eigenvalue weighted by Crippen LogP contribution is -2.04. The van der Waals surface area contributed by atoms with Gasteiger partial charge in [0, 0.05) is 29.9 Å². The van der Waals surface area contributed by atoms with Crippen molar-refractivity contribution < 1.29 is 8.95 Å². The number of nitrogens with two attached hydrogens (primary N) is 1. The maximum atomic E-state index is 12.3. The van der Waals surface area contributed by atoms with Crippen LogP contribution >= 0.6 is 0 Å². The van der Waals surface area contributed by atoms with Gasteiger partial charge in [-0.25, -0.2) is 0 Å². The zero-order chi connectivity index (χ0) is 13.7. The Balaban J connectivity index is 2.08. The Labute approximate surface area is 115 Å². The summed E-state index contributed by atoms with van der Waals surface area (Å²) in [6.07, 6.45) is 4.23. The molecule has 1 aromatic heterocycles. The quantitative estimate of drug-likeness (QED) is 0.849. The van der Waals surface area contributed by atoms with Gasteiger partial charge in [0.1, 0.15) is 5.75 Å². The molecule has 0 aliphatic rings. The number of ether oxygens (including phenoxy) is 1. The first-order valence-electron chi connectivity index (χ1n) is 5.91. The number of aryl methyl sites for hydroxylation is 1.